The summed E-state index contributed by atoms with van der Waals surface area (Å²) >= 11 is 6.16. The highest BCUT2D eigenvalue weighted by atomic mass is 35.5. The quantitative estimate of drug-likeness (QED) is 0.676. The third-order valence-corrected chi connectivity index (χ3v) is 3.18. The van der Waals surface area contributed by atoms with E-state index in [0.717, 1.165) is 0 Å². The molecular weight excluding hydrogens is 264 g/mol. The van der Waals surface area contributed by atoms with Crippen LogP contribution in [0.3, 0.4) is 0 Å². The number of pyridine rings is 1. The maximum absolute atomic E-state index is 11.7. The van der Waals surface area contributed by atoms with E-state index in [-0.39, 0.29) is 0 Å². The van der Waals surface area contributed by atoms with Crippen LogP contribution in [0.4, 0.5) is 5.69 Å². The molecular formula is C14H13ClN2O2. The zero-order chi connectivity index (χ0) is 14.0. The van der Waals surface area contributed by atoms with E-state index in [9.17, 15) is 4.79 Å². The largest absolute Gasteiger partial charge is 0.465 e. The molecule has 1 aromatic heterocycles. The summed E-state index contributed by atoms with van der Waals surface area (Å²) in [5.41, 5.74) is 8.85. The standard InChI is InChI=1S/C14H13ClN2O2/c1-8-10(14(18)19-2)5-6-17-13(8)11-7-9(16)3-4-12(11)15/h3-7H,16H2,1-2H3. The summed E-state index contributed by atoms with van der Waals surface area (Å²) in [5.74, 6) is -0.402. The number of benzene rings is 1. The molecule has 0 radical (unpaired) electrons. The number of halogens is 1. The highest BCUT2D eigenvalue weighted by molar-refractivity contribution is 6.33. The van der Waals surface area contributed by atoms with Gasteiger partial charge in [-0.05, 0) is 36.8 Å². The van der Waals surface area contributed by atoms with Crippen molar-refractivity contribution in [2.45, 2.75) is 6.92 Å². The number of rotatable bonds is 2. The Morgan fingerprint density at radius 3 is 2.79 bits per heavy atom. The van der Waals surface area contributed by atoms with Crippen LogP contribution in [0.1, 0.15) is 15.9 Å². The molecule has 1 heterocycles. The average Bonchev–Trinajstić information content (AvgIpc) is 2.41. The summed E-state index contributed by atoms with van der Waals surface area (Å²) in [7, 11) is 1.34. The van der Waals surface area contributed by atoms with E-state index in [0.29, 0.717) is 33.1 Å². The summed E-state index contributed by atoms with van der Waals surface area (Å²) in [6, 6.07) is 6.77. The molecule has 0 unspecified atom stereocenters. The Morgan fingerprint density at radius 1 is 1.37 bits per heavy atom. The zero-order valence-electron chi connectivity index (χ0n) is 10.6. The lowest BCUT2D eigenvalue weighted by atomic mass is 10.0. The van der Waals surface area contributed by atoms with Crippen LogP contribution in [-0.2, 0) is 4.74 Å². The third kappa shape index (κ3) is 2.53. The molecule has 2 rings (SSSR count). The van der Waals surface area contributed by atoms with Crippen molar-refractivity contribution in [3.8, 4) is 11.3 Å². The molecule has 4 nitrogen and oxygen atoms in total. The number of nitrogens with two attached hydrogens (primary N) is 1. The zero-order valence-corrected chi connectivity index (χ0v) is 11.4. The number of hydrogen-bond donors (Lipinski definition) is 1. The molecule has 0 atom stereocenters. The van der Waals surface area contributed by atoms with E-state index in [1.165, 1.54) is 7.11 Å². The molecule has 2 N–H and O–H groups in total. The van der Waals surface area contributed by atoms with Crippen LogP contribution in [0.2, 0.25) is 5.02 Å². The van der Waals surface area contributed by atoms with Gasteiger partial charge in [0.25, 0.3) is 0 Å². The number of carbonyl (C=O) groups is 1. The van der Waals surface area contributed by atoms with Crippen LogP contribution < -0.4 is 5.73 Å². The summed E-state index contributed by atoms with van der Waals surface area (Å²) in [6.45, 7) is 1.80. The van der Waals surface area contributed by atoms with Gasteiger partial charge in [-0.2, -0.15) is 0 Å². The van der Waals surface area contributed by atoms with Crippen molar-refractivity contribution >= 4 is 23.3 Å². The van der Waals surface area contributed by atoms with Gasteiger partial charge in [0.05, 0.1) is 23.4 Å². The predicted molar refractivity (Wildman–Crippen MR) is 75.2 cm³/mol. The minimum absolute atomic E-state index is 0.402. The predicted octanol–water partition coefficient (Wildman–Crippen LogP) is 3.08. The number of ether oxygens (including phenoxy) is 1. The molecule has 0 aliphatic rings. The number of nitrogen functional groups attached to an aromatic ring is 1. The van der Waals surface area contributed by atoms with Gasteiger partial charge in [-0.3, -0.25) is 4.98 Å². The van der Waals surface area contributed by atoms with E-state index in [2.05, 4.69) is 4.98 Å². The lowest BCUT2D eigenvalue weighted by Crippen LogP contribution is -2.05. The van der Waals surface area contributed by atoms with Gasteiger partial charge in [0.1, 0.15) is 0 Å². The first kappa shape index (κ1) is 13.4. The lowest BCUT2D eigenvalue weighted by molar-refractivity contribution is 0.0600. The maximum atomic E-state index is 11.7. The molecule has 2 aromatic rings. The Kier molecular flexibility index (Phi) is 3.71. The van der Waals surface area contributed by atoms with E-state index in [1.807, 2.05) is 0 Å². The van der Waals surface area contributed by atoms with Crippen molar-refractivity contribution in [1.29, 1.82) is 0 Å². The molecule has 1 aromatic carbocycles. The van der Waals surface area contributed by atoms with Crippen molar-refractivity contribution < 1.29 is 9.53 Å². The Morgan fingerprint density at radius 2 is 2.11 bits per heavy atom. The monoisotopic (exact) mass is 276 g/mol. The highest BCUT2D eigenvalue weighted by Crippen LogP contribution is 2.31. The van der Waals surface area contributed by atoms with Gasteiger partial charge in [-0.25, -0.2) is 4.79 Å². The number of methoxy groups -OCH3 is 1. The van der Waals surface area contributed by atoms with E-state index >= 15 is 0 Å². The SMILES string of the molecule is COC(=O)c1ccnc(-c2cc(N)ccc2Cl)c1C. The number of nitrogens with zero attached hydrogens (tertiary/aromatic N) is 1. The summed E-state index contributed by atoms with van der Waals surface area (Å²) in [6.07, 6.45) is 1.55. The molecule has 0 saturated heterocycles. The number of hydrogen-bond acceptors (Lipinski definition) is 4. The second-order valence-electron chi connectivity index (χ2n) is 4.06. The van der Waals surface area contributed by atoms with Gasteiger partial charge in [0, 0.05) is 17.4 Å². The molecule has 5 heteroatoms. The molecule has 0 aliphatic carbocycles. The summed E-state index contributed by atoms with van der Waals surface area (Å²) in [4.78, 5) is 15.9. The summed E-state index contributed by atoms with van der Waals surface area (Å²) < 4.78 is 4.74. The van der Waals surface area contributed by atoms with Gasteiger partial charge < -0.3 is 10.5 Å². The van der Waals surface area contributed by atoms with Crippen LogP contribution in [0.5, 0.6) is 0 Å². The molecule has 0 aliphatic heterocycles. The second-order valence-corrected chi connectivity index (χ2v) is 4.47. The minimum Gasteiger partial charge on any atom is -0.465 e. The van der Waals surface area contributed by atoms with Gasteiger partial charge in [-0.15, -0.1) is 0 Å². The molecule has 19 heavy (non-hydrogen) atoms. The summed E-state index contributed by atoms with van der Waals surface area (Å²) in [5, 5.41) is 0.534. The van der Waals surface area contributed by atoms with Crippen LogP contribution in [-0.4, -0.2) is 18.1 Å². The third-order valence-electron chi connectivity index (χ3n) is 2.85. The van der Waals surface area contributed by atoms with Crippen LogP contribution in [0.15, 0.2) is 30.5 Å². The number of aromatic nitrogens is 1. The van der Waals surface area contributed by atoms with Gasteiger partial charge in [0.15, 0.2) is 0 Å². The first-order valence-electron chi connectivity index (χ1n) is 5.64. The molecule has 0 amide bonds. The van der Waals surface area contributed by atoms with Crippen molar-refractivity contribution in [3.63, 3.8) is 0 Å². The van der Waals surface area contributed by atoms with E-state index < -0.39 is 5.97 Å². The molecule has 0 bridgehead atoms. The Labute approximate surface area is 116 Å². The van der Waals surface area contributed by atoms with Gasteiger partial charge in [0.2, 0.25) is 0 Å². The molecule has 0 spiro atoms. The Balaban J connectivity index is 2.63. The molecule has 0 fully saturated rings. The van der Waals surface area contributed by atoms with E-state index in [4.69, 9.17) is 22.1 Å². The van der Waals surface area contributed by atoms with E-state index in [1.54, 1.807) is 37.4 Å². The van der Waals surface area contributed by atoms with Crippen molar-refractivity contribution in [3.05, 3.63) is 46.6 Å². The molecule has 98 valence electrons. The fourth-order valence-electron chi connectivity index (χ4n) is 1.86. The normalized spacial score (nSPS) is 10.3. The minimum atomic E-state index is -0.402. The number of anilines is 1. The number of carbonyl (C=O) groups excluding carboxylic acids is 1. The average molecular weight is 277 g/mol. The smallest absolute Gasteiger partial charge is 0.338 e. The van der Waals surface area contributed by atoms with Gasteiger partial charge >= 0.3 is 5.97 Å². The highest BCUT2D eigenvalue weighted by Gasteiger charge is 2.15. The lowest BCUT2D eigenvalue weighted by Gasteiger charge is -2.11. The molecule has 0 saturated carbocycles. The van der Waals surface area contributed by atoms with Crippen LogP contribution in [0.25, 0.3) is 11.3 Å². The van der Waals surface area contributed by atoms with Crippen molar-refractivity contribution in [2.24, 2.45) is 0 Å². The first-order valence-corrected chi connectivity index (χ1v) is 6.01. The first-order chi connectivity index (χ1) is 9.04. The van der Waals surface area contributed by atoms with Crippen LogP contribution >= 0.6 is 11.6 Å². The number of esters is 1. The fraction of sp³-hybridized carbons (Fsp3) is 0.143. The second kappa shape index (κ2) is 5.28. The fourth-order valence-corrected chi connectivity index (χ4v) is 2.07. The Hall–Kier alpha value is -2.07. The Bertz CT molecular complexity index is 641. The maximum Gasteiger partial charge on any atom is 0.338 e. The topological polar surface area (TPSA) is 65.2 Å². The van der Waals surface area contributed by atoms with Crippen molar-refractivity contribution in [2.75, 3.05) is 12.8 Å². The van der Waals surface area contributed by atoms with Crippen LogP contribution in [0, 0.1) is 6.92 Å². The van der Waals surface area contributed by atoms with Gasteiger partial charge in [-0.1, -0.05) is 11.6 Å². The van der Waals surface area contributed by atoms with Crippen molar-refractivity contribution in [1.82, 2.24) is 4.98 Å².